The lowest BCUT2D eigenvalue weighted by molar-refractivity contribution is -0.153. The number of carboxylic acids is 1. The number of fused-ring (bicyclic) bond motifs is 2. The van der Waals surface area contributed by atoms with E-state index in [9.17, 15) is 27.6 Å². The van der Waals surface area contributed by atoms with E-state index >= 15 is 0 Å². The Kier molecular flexibility index (Phi) is 8.44. The summed E-state index contributed by atoms with van der Waals surface area (Å²) in [5.41, 5.74) is 0.672. The molecule has 2 N–H and O–H groups in total. The summed E-state index contributed by atoms with van der Waals surface area (Å²) in [6.07, 6.45) is 1.63. The third-order valence-corrected chi connectivity index (χ3v) is 11.2. The van der Waals surface area contributed by atoms with Gasteiger partial charge in [0.05, 0.1) is 17.5 Å². The number of carboxylic acid groups (broad SMARTS) is 1. The van der Waals surface area contributed by atoms with Gasteiger partial charge in [-0.1, -0.05) is 38.5 Å². The first-order valence-corrected chi connectivity index (χ1v) is 15.3. The quantitative estimate of drug-likeness (QED) is 0.166. The molecular formula is C26H34N2O10S2. The van der Waals surface area contributed by atoms with Crippen LogP contribution < -0.4 is 5.32 Å². The Morgan fingerprint density at radius 3 is 2.42 bits per heavy atom. The predicted octanol–water partition coefficient (Wildman–Crippen LogP) is 2.50. The number of esters is 1. The Morgan fingerprint density at radius 1 is 1.18 bits per heavy atom. The number of carbonyl (C=O) groups excluding carboxylic acids is 3. The Bertz CT molecular complexity index is 1280. The first-order chi connectivity index (χ1) is 18.7. The zero-order valence-corrected chi connectivity index (χ0v) is 24.4. The number of rotatable bonds is 11. The molecule has 0 aromatic heterocycles. The minimum absolute atomic E-state index is 0.00757. The Morgan fingerprint density at radius 2 is 1.85 bits per heavy atom. The van der Waals surface area contributed by atoms with Crippen molar-refractivity contribution < 1.29 is 46.4 Å². The van der Waals surface area contributed by atoms with Crippen LogP contribution in [0.5, 0.6) is 0 Å². The number of aryl methyl sites for hydroxylation is 1. The highest BCUT2D eigenvalue weighted by atomic mass is 32.2. The molecule has 2 bridgehead atoms. The van der Waals surface area contributed by atoms with E-state index in [1.807, 2.05) is 0 Å². The molecule has 3 aliphatic rings. The highest BCUT2D eigenvalue weighted by Crippen LogP contribution is 2.66. The van der Waals surface area contributed by atoms with Gasteiger partial charge >= 0.3 is 18.0 Å². The summed E-state index contributed by atoms with van der Waals surface area (Å²) in [5.74, 6) is -2.78. The fourth-order valence-corrected chi connectivity index (χ4v) is 7.70. The number of aliphatic carboxylic acids is 1. The highest BCUT2D eigenvalue weighted by Gasteiger charge is 2.63. The van der Waals surface area contributed by atoms with Gasteiger partial charge in [0.2, 0.25) is 0 Å². The molecule has 1 aromatic rings. The predicted molar refractivity (Wildman–Crippen MR) is 142 cm³/mol. The summed E-state index contributed by atoms with van der Waals surface area (Å²) in [4.78, 5) is 48.3. The van der Waals surface area contributed by atoms with Gasteiger partial charge in [-0.05, 0) is 61.6 Å². The first-order valence-electron chi connectivity index (χ1n) is 12.9. The molecular weight excluding hydrogens is 564 g/mol. The van der Waals surface area contributed by atoms with E-state index in [1.165, 1.54) is 12.1 Å². The van der Waals surface area contributed by atoms with Gasteiger partial charge in [-0.2, -0.15) is 8.42 Å². The Hall–Kier alpha value is -2.84. The lowest BCUT2D eigenvalue weighted by Crippen LogP contribution is -2.70. The molecule has 1 heterocycles. The minimum Gasteiger partial charge on any atom is -0.479 e. The number of carbonyl (C=O) groups is 4. The average molecular weight is 599 g/mol. The number of hydrogen-bond donors (Lipinski definition) is 2. The van der Waals surface area contributed by atoms with Gasteiger partial charge < -0.3 is 19.9 Å². The van der Waals surface area contributed by atoms with Gasteiger partial charge in [0.1, 0.15) is 17.9 Å². The summed E-state index contributed by atoms with van der Waals surface area (Å²) >= 11 is 0.710. The Balaban J connectivity index is 1.42. The molecule has 3 unspecified atom stereocenters. The van der Waals surface area contributed by atoms with Crippen LogP contribution >= 0.6 is 11.9 Å². The maximum atomic E-state index is 12.9. The molecule has 1 saturated heterocycles. The van der Waals surface area contributed by atoms with Crippen LogP contribution in [0.15, 0.2) is 29.2 Å². The summed E-state index contributed by atoms with van der Waals surface area (Å²) in [5, 5.41) is 11.2. The summed E-state index contributed by atoms with van der Waals surface area (Å²) < 4.78 is 42.2. The Labute approximate surface area is 237 Å². The molecule has 40 heavy (non-hydrogen) atoms. The van der Waals surface area contributed by atoms with Crippen LogP contribution in [0, 0.1) is 23.7 Å². The molecule has 12 nitrogen and oxygen atoms in total. The molecule has 0 radical (unpaired) electrons. The van der Waals surface area contributed by atoms with Crippen molar-refractivity contribution in [2.75, 3.05) is 19.0 Å². The van der Waals surface area contributed by atoms with E-state index in [0.717, 1.165) is 29.1 Å². The molecule has 2 amide bonds. The molecule has 5 atom stereocenters. The summed E-state index contributed by atoms with van der Waals surface area (Å²) in [6.45, 7) is 6.95. The molecule has 14 heteroatoms. The van der Waals surface area contributed by atoms with Crippen LogP contribution in [0.2, 0.25) is 0 Å². The average Bonchev–Trinajstić information content (AvgIpc) is 3.21. The molecule has 2 saturated carbocycles. The van der Waals surface area contributed by atoms with E-state index in [1.54, 1.807) is 19.1 Å². The second kappa shape index (κ2) is 11.2. The number of hydrogen-bond acceptors (Lipinski definition) is 10. The van der Waals surface area contributed by atoms with Gasteiger partial charge in [-0.15, -0.1) is 0 Å². The number of nitrogens with one attached hydrogen (secondary N) is 1. The molecule has 220 valence electrons. The molecule has 4 rings (SSSR count). The van der Waals surface area contributed by atoms with Crippen LogP contribution in [0.4, 0.5) is 4.79 Å². The lowest BCUT2D eigenvalue weighted by Gasteiger charge is -2.45. The van der Waals surface area contributed by atoms with Crippen LogP contribution in [-0.4, -0.2) is 78.9 Å². The maximum absolute atomic E-state index is 12.9. The second-order valence-corrected chi connectivity index (χ2v) is 13.8. The van der Waals surface area contributed by atoms with Gasteiger partial charge in [0, 0.05) is 5.41 Å². The van der Waals surface area contributed by atoms with Gasteiger partial charge in [-0.3, -0.25) is 18.1 Å². The van der Waals surface area contributed by atoms with Gasteiger partial charge in [0.15, 0.2) is 6.61 Å². The lowest BCUT2D eigenvalue weighted by atomic mass is 9.70. The smallest absolute Gasteiger partial charge is 0.408 e. The zero-order chi connectivity index (χ0) is 29.5. The van der Waals surface area contributed by atoms with Crippen molar-refractivity contribution in [2.45, 2.75) is 70.0 Å². The number of nitrogens with zero attached hydrogens (tertiary/aromatic N) is 1. The standard InChI is InChI=1S/C26H34N2O10S2/c1-15-5-7-17(8-6-15)40(34,35)37-12-18-22(23(32)28(18)39-14-21(31)36-13-20(29)30)27-24(33)38-19-11-16-9-10-26(19,4)25(16,2)3/h5-8,16,18-19,22H,9-14H2,1-4H3,(H,27,33)(H,29,30)/t16?,18-,19?,22+,26?/m1/s1. The first kappa shape index (κ1) is 30.1. The van der Waals surface area contributed by atoms with Crippen molar-refractivity contribution in [1.29, 1.82) is 0 Å². The second-order valence-electron chi connectivity index (χ2n) is 11.2. The molecule has 1 aliphatic heterocycles. The van der Waals surface area contributed by atoms with Crippen molar-refractivity contribution in [3.63, 3.8) is 0 Å². The highest BCUT2D eigenvalue weighted by molar-refractivity contribution is 7.98. The van der Waals surface area contributed by atoms with Crippen molar-refractivity contribution >= 4 is 46.0 Å². The van der Waals surface area contributed by atoms with Gasteiger partial charge in [-0.25, -0.2) is 9.59 Å². The summed E-state index contributed by atoms with van der Waals surface area (Å²) in [7, 11) is -4.18. The normalized spacial score (nSPS) is 28.6. The van der Waals surface area contributed by atoms with Crippen LogP contribution in [0.1, 0.15) is 45.6 Å². The van der Waals surface area contributed by atoms with Crippen molar-refractivity contribution in [3.05, 3.63) is 29.8 Å². The zero-order valence-electron chi connectivity index (χ0n) is 22.7. The summed E-state index contributed by atoms with van der Waals surface area (Å²) in [6, 6.07) is 3.92. The number of amides is 2. The van der Waals surface area contributed by atoms with Crippen molar-refractivity contribution in [3.8, 4) is 0 Å². The number of benzene rings is 1. The SMILES string of the molecule is Cc1ccc(S(=O)(=O)OC[C@@H]2[C@H](NC(=O)OC3CC4CCC3(C)C4(C)C)C(=O)N2SCC(=O)OCC(=O)O)cc1. The molecule has 3 fully saturated rings. The van der Waals surface area contributed by atoms with Crippen molar-refractivity contribution in [1.82, 2.24) is 9.62 Å². The maximum Gasteiger partial charge on any atom is 0.408 e. The van der Waals surface area contributed by atoms with E-state index in [4.69, 9.17) is 14.0 Å². The fourth-order valence-electron chi connectivity index (χ4n) is 5.84. The number of ether oxygens (including phenoxy) is 2. The van der Waals surface area contributed by atoms with Crippen LogP contribution in [-0.2, 0) is 38.2 Å². The third kappa shape index (κ3) is 5.79. The van der Waals surface area contributed by atoms with Crippen LogP contribution in [0.25, 0.3) is 0 Å². The minimum atomic E-state index is -4.18. The van der Waals surface area contributed by atoms with Crippen molar-refractivity contribution in [2.24, 2.45) is 16.7 Å². The van der Waals surface area contributed by atoms with E-state index < -0.39 is 65.1 Å². The number of β-lactam (4-membered cyclic amide) rings is 1. The fraction of sp³-hybridized carbons (Fsp3) is 0.615. The number of alkyl carbamates (subject to hydrolysis) is 1. The monoisotopic (exact) mass is 598 g/mol. The van der Waals surface area contributed by atoms with Gasteiger partial charge in [0.25, 0.3) is 16.0 Å². The third-order valence-electron chi connectivity index (χ3n) is 8.79. The van der Waals surface area contributed by atoms with E-state index in [2.05, 4.69) is 30.8 Å². The topological polar surface area (TPSA) is 166 Å². The molecule has 1 aromatic carbocycles. The molecule has 2 aliphatic carbocycles. The van der Waals surface area contributed by atoms with E-state index in [0.29, 0.717) is 17.9 Å². The molecule has 0 spiro atoms. The van der Waals surface area contributed by atoms with Crippen LogP contribution in [0.3, 0.4) is 0 Å². The largest absolute Gasteiger partial charge is 0.479 e. The van der Waals surface area contributed by atoms with E-state index in [-0.39, 0.29) is 21.8 Å².